The molecule has 10 nitrogen and oxygen atoms in total. The molecule has 6 bridgehead atoms. The molecule has 0 radical (unpaired) electrons. The lowest BCUT2D eigenvalue weighted by Gasteiger charge is -2.48. The van der Waals surface area contributed by atoms with Gasteiger partial charge >= 0.3 is 29.8 Å². The Morgan fingerprint density at radius 1 is 0.735 bits per heavy atom. The molecule has 17 unspecified atom stereocenters. The third-order valence-electron chi connectivity index (χ3n) is 14.9. The highest BCUT2D eigenvalue weighted by Crippen LogP contribution is 2.70. The van der Waals surface area contributed by atoms with Gasteiger partial charge in [0.25, 0.3) is 0 Å². The molecule has 7 fully saturated rings. The molecule has 2 N–H and O–H groups in total. The summed E-state index contributed by atoms with van der Waals surface area (Å²) in [4.78, 5) is 67.9. The van der Waals surface area contributed by atoms with Crippen molar-refractivity contribution in [2.45, 2.75) is 98.0 Å². The zero-order valence-electron chi connectivity index (χ0n) is 29.8. The summed E-state index contributed by atoms with van der Waals surface area (Å²) in [5.74, 6) is -5.26. The van der Waals surface area contributed by atoms with Crippen LogP contribution in [0.3, 0.4) is 0 Å². The van der Waals surface area contributed by atoms with E-state index in [0.29, 0.717) is 43.4 Å². The Kier molecular flexibility index (Phi) is 9.22. The Balaban J connectivity index is 1.21. The smallest absolute Gasteiger partial charge is 0.317 e. The molecule has 6 saturated carbocycles. The molecule has 7 rings (SSSR count). The maximum Gasteiger partial charge on any atom is 0.317 e. The molecule has 7 aliphatic rings. The number of aliphatic hydroxyl groups is 1. The van der Waals surface area contributed by atoms with E-state index in [2.05, 4.69) is 13.8 Å². The molecule has 0 aromatic heterocycles. The number of carbonyl (C=O) groups excluding carboxylic acids is 4. The number of esters is 4. The Morgan fingerprint density at radius 3 is 2.06 bits per heavy atom. The van der Waals surface area contributed by atoms with Gasteiger partial charge in [0, 0.05) is 6.61 Å². The van der Waals surface area contributed by atoms with Crippen LogP contribution in [0.1, 0.15) is 92.4 Å². The maximum absolute atomic E-state index is 14.0. The van der Waals surface area contributed by atoms with Gasteiger partial charge in [0.15, 0.2) is 0 Å². The highest BCUT2D eigenvalue weighted by molar-refractivity contribution is 5.97. The molecule has 10 heteroatoms. The molecule has 1 saturated heterocycles. The van der Waals surface area contributed by atoms with Gasteiger partial charge in [-0.3, -0.25) is 24.0 Å². The number of cyclic esters (lactones) is 2. The molecule has 49 heavy (non-hydrogen) atoms. The molecule has 0 aromatic rings. The van der Waals surface area contributed by atoms with E-state index < -0.39 is 53.1 Å². The van der Waals surface area contributed by atoms with Crippen LogP contribution >= 0.6 is 0 Å². The van der Waals surface area contributed by atoms with Gasteiger partial charge < -0.3 is 24.4 Å². The highest BCUT2D eigenvalue weighted by Gasteiger charge is 2.71. The summed E-state index contributed by atoms with van der Waals surface area (Å²) in [6.45, 7) is 10.2. The highest BCUT2D eigenvalue weighted by atomic mass is 16.6. The standard InChI is InChI=1S/C39H56O10/c1-17-19-9-10-20(13-19)26(17)32-33(38(46)48-37(32)45)29-23-14-21(15-24(23)35(43)49-39(3,4)5)28(29)27-18(2)22-16-25(27)30(34(41)42)31(22)36(44)47-12-8-6-7-11-40/h17-33,40H,6-16H2,1-5H3,(H,41,42). The Labute approximate surface area is 289 Å². The normalized spacial score (nSPS) is 46.4. The van der Waals surface area contributed by atoms with E-state index in [1.165, 1.54) is 0 Å². The van der Waals surface area contributed by atoms with Crippen molar-refractivity contribution in [3.8, 4) is 0 Å². The summed E-state index contributed by atoms with van der Waals surface area (Å²) in [5.41, 5.74) is -0.659. The third-order valence-corrected chi connectivity index (χ3v) is 14.9. The van der Waals surface area contributed by atoms with Crippen LogP contribution in [0, 0.1) is 101 Å². The van der Waals surface area contributed by atoms with E-state index in [-0.39, 0.29) is 78.4 Å². The minimum absolute atomic E-state index is 0.0207. The number of aliphatic carboxylic acids is 1. The number of unbranched alkanes of at least 4 members (excludes halogenated alkanes) is 2. The topological polar surface area (TPSA) is 154 Å². The van der Waals surface area contributed by atoms with Gasteiger partial charge in [0.1, 0.15) is 5.60 Å². The molecule has 17 atom stereocenters. The van der Waals surface area contributed by atoms with Crippen molar-refractivity contribution in [1.82, 2.24) is 0 Å². The summed E-state index contributed by atoms with van der Waals surface area (Å²) in [7, 11) is 0. The second-order valence-corrected chi connectivity index (χ2v) is 18.1. The van der Waals surface area contributed by atoms with Crippen LogP contribution in [0.4, 0.5) is 0 Å². The zero-order chi connectivity index (χ0) is 35.1. The molecule has 1 aliphatic heterocycles. The number of aliphatic hydroxyl groups excluding tert-OH is 1. The maximum atomic E-state index is 14.0. The molecule has 0 amide bonds. The fraction of sp³-hybridized carbons (Fsp3) is 0.872. The van der Waals surface area contributed by atoms with Crippen LogP contribution in [0.25, 0.3) is 0 Å². The Hall–Kier alpha value is -2.49. The predicted octanol–water partition coefficient (Wildman–Crippen LogP) is 5.14. The van der Waals surface area contributed by atoms with Crippen molar-refractivity contribution in [2.24, 2.45) is 101 Å². The largest absolute Gasteiger partial charge is 0.481 e. The van der Waals surface area contributed by atoms with Gasteiger partial charge in [-0.25, -0.2) is 0 Å². The number of hydrogen-bond acceptors (Lipinski definition) is 9. The minimum atomic E-state index is -0.984. The first-order valence-corrected chi connectivity index (χ1v) is 19.2. The summed E-state index contributed by atoms with van der Waals surface area (Å²) >= 11 is 0. The zero-order valence-corrected chi connectivity index (χ0v) is 29.8. The van der Waals surface area contributed by atoms with Crippen molar-refractivity contribution in [2.75, 3.05) is 13.2 Å². The number of fused-ring (bicyclic) bond motifs is 6. The number of carbonyl (C=O) groups is 5. The van der Waals surface area contributed by atoms with E-state index in [1.54, 1.807) is 0 Å². The molecular weight excluding hydrogens is 628 g/mol. The molecule has 0 spiro atoms. The van der Waals surface area contributed by atoms with E-state index in [1.807, 2.05) is 20.8 Å². The summed E-state index contributed by atoms with van der Waals surface area (Å²) in [6, 6.07) is 0. The molecule has 6 aliphatic carbocycles. The predicted molar refractivity (Wildman–Crippen MR) is 175 cm³/mol. The molecule has 272 valence electrons. The number of hydrogen-bond donors (Lipinski definition) is 2. The van der Waals surface area contributed by atoms with E-state index in [4.69, 9.17) is 19.3 Å². The lowest BCUT2D eigenvalue weighted by molar-refractivity contribution is -0.169. The second kappa shape index (κ2) is 12.9. The van der Waals surface area contributed by atoms with Crippen LogP contribution in [0.2, 0.25) is 0 Å². The third kappa shape index (κ3) is 5.74. The van der Waals surface area contributed by atoms with Crippen LogP contribution in [-0.2, 0) is 38.2 Å². The van der Waals surface area contributed by atoms with Gasteiger partial charge in [-0.2, -0.15) is 0 Å². The number of carboxylic acids is 1. The first-order chi connectivity index (χ1) is 23.2. The fourth-order valence-corrected chi connectivity index (χ4v) is 13.4. The molecular formula is C39H56O10. The fourth-order valence-electron chi connectivity index (χ4n) is 13.4. The molecule has 0 aromatic carbocycles. The Bertz CT molecular complexity index is 1350. The van der Waals surface area contributed by atoms with Gasteiger partial charge in [-0.1, -0.05) is 13.8 Å². The lowest BCUT2D eigenvalue weighted by Crippen LogP contribution is -2.51. The van der Waals surface area contributed by atoms with E-state index in [0.717, 1.165) is 32.1 Å². The van der Waals surface area contributed by atoms with Crippen molar-refractivity contribution >= 4 is 29.8 Å². The minimum Gasteiger partial charge on any atom is -0.481 e. The van der Waals surface area contributed by atoms with Crippen LogP contribution in [0.15, 0.2) is 0 Å². The summed E-state index contributed by atoms with van der Waals surface area (Å²) in [6.07, 6.45) is 7.27. The van der Waals surface area contributed by atoms with Gasteiger partial charge in [-0.05, 0) is 150 Å². The van der Waals surface area contributed by atoms with Crippen LogP contribution in [-0.4, -0.2) is 58.9 Å². The van der Waals surface area contributed by atoms with E-state index >= 15 is 0 Å². The van der Waals surface area contributed by atoms with Crippen molar-refractivity contribution in [1.29, 1.82) is 0 Å². The SMILES string of the molecule is CC1C2CCC(C2)C1C1C(=O)OC(=O)C1C1C2CC(CC2C(=O)OC(C)(C)C)C1C1C(C)C2CC1C(C(=O)O)C2C(=O)OCCCCCO. The van der Waals surface area contributed by atoms with Gasteiger partial charge in [-0.15, -0.1) is 0 Å². The Morgan fingerprint density at radius 2 is 1.43 bits per heavy atom. The summed E-state index contributed by atoms with van der Waals surface area (Å²) < 4.78 is 17.1. The van der Waals surface area contributed by atoms with Crippen molar-refractivity contribution in [3.05, 3.63) is 0 Å². The number of carboxylic acid groups (broad SMARTS) is 1. The average Bonchev–Trinajstić information content (AvgIpc) is 3.87. The van der Waals surface area contributed by atoms with Gasteiger partial charge in [0.05, 0.1) is 36.2 Å². The number of rotatable bonds is 11. The van der Waals surface area contributed by atoms with Crippen molar-refractivity contribution < 1.29 is 48.4 Å². The number of ether oxygens (including phenoxy) is 3. The van der Waals surface area contributed by atoms with Gasteiger partial charge in [0.2, 0.25) is 0 Å². The lowest BCUT2D eigenvalue weighted by atomic mass is 9.54. The first kappa shape index (κ1) is 34.9. The summed E-state index contributed by atoms with van der Waals surface area (Å²) in [5, 5.41) is 19.7. The monoisotopic (exact) mass is 684 g/mol. The van der Waals surface area contributed by atoms with Crippen LogP contribution < -0.4 is 0 Å². The van der Waals surface area contributed by atoms with Crippen LogP contribution in [0.5, 0.6) is 0 Å². The average molecular weight is 685 g/mol. The van der Waals surface area contributed by atoms with E-state index in [9.17, 15) is 29.1 Å². The van der Waals surface area contributed by atoms with Crippen molar-refractivity contribution in [3.63, 3.8) is 0 Å². The first-order valence-electron chi connectivity index (χ1n) is 19.2. The second-order valence-electron chi connectivity index (χ2n) is 18.1. The molecule has 1 heterocycles. The quantitative estimate of drug-likeness (QED) is 0.129.